The number of anilines is 1. The summed E-state index contributed by atoms with van der Waals surface area (Å²) in [4.78, 5) is 19.7. The maximum absolute atomic E-state index is 13.2. The van der Waals surface area contributed by atoms with E-state index in [1.807, 2.05) is 66.4 Å². The van der Waals surface area contributed by atoms with Crippen LogP contribution in [0.1, 0.15) is 17.2 Å². The summed E-state index contributed by atoms with van der Waals surface area (Å²) >= 11 is 5.37. The summed E-state index contributed by atoms with van der Waals surface area (Å²) in [5.74, 6) is 2.32. The van der Waals surface area contributed by atoms with Crippen LogP contribution >= 0.6 is 27.7 Å². The van der Waals surface area contributed by atoms with E-state index >= 15 is 0 Å². The topological polar surface area (TPSA) is 63.1 Å². The molecule has 2 aromatic carbocycles. The van der Waals surface area contributed by atoms with Crippen molar-refractivity contribution in [1.29, 1.82) is 0 Å². The first kappa shape index (κ1) is 20.1. The Balaban J connectivity index is 1.47. The third-order valence-corrected chi connectivity index (χ3v) is 6.27. The fraction of sp³-hybridized carbons (Fsp3) is 0.286. The highest BCUT2D eigenvalue weighted by atomic mass is 79.9. The summed E-state index contributed by atoms with van der Waals surface area (Å²) in [6, 6.07) is 17.6. The van der Waals surface area contributed by atoms with Crippen LogP contribution in [0.3, 0.4) is 0 Å². The molecule has 1 amide bonds. The first-order valence-electron chi connectivity index (χ1n) is 9.50. The molecule has 1 unspecified atom stereocenters. The molecule has 0 aliphatic carbocycles. The minimum Gasteiger partial charge on any atom is -0.292 e. The van der Waals surface area contributed by atoms with E-state index < -0.39 is 0 Å². The van der Waals surface area contributed by atoms with Gasteiger partial charge in [-0.25, -0.2) is 9.67 Å². The number of amides is 1. The second-order valence-corrected chi connectivity index (χ2v) is 8.98. The van der Waals surface area contributed by atoms with Gasteiger partial charge in [0.05, 0.1) is 6.54 Å². The van der Waals surface area contributed by atoms with Crippen LogP contribution in [0, 0.1) is 0 Å². The first-order chi connectivity index (χ1) is 14.2. The van der Waals surface area contributed by atoms with Crippen LogP contribution in [0.15, 0.2) is 65.4 Å². The van der Waals surface area contributed by atoms with Crippen molar-refractivity contribution in [2.75, 3.05) is 29.9 Å². The Morgan fingerprint density at radius 2 is 1.83 bits per heavy atom. The zero-order valence-electron chi connectivity index (χ0n) is 15.9. The van der Waals surface area contributed by atoms with E-state index in [2.05, 4.69) is 36.2 Å². The molecular weight excluding hydrogens is 450 g/mol. The summed E-state index contributed by atoms with van der Waals surface area (Å²) in [6.45, 7) is 2.38. The number of thioether (sulfide) groups is 1. The molecule has 1 atom stereocenters. The molecule has 2 heterocycles. The van der Waals surface area contributed by atoms with Crippen molar-refractivity contribution >= 4 is 39.5 Å². The molecular formula is C21H22BrN5OS. The third kappa shape index (κ3) is 5.26. The standard InChI is InChI=1S/C21H22BrN5OS/c22-18-8-6-16(7-9-18)14-27-15-23-21(25-27)24-20(28)19(17-4-2-1-3-5-17)26-10-12-29-13-11-26/h1-9,15,19H,10-14H2,(H,24,25,28). The van der Waals surface area contributed by atoms with E-state index in [1.54, 1.807) is 11.0 Å². The Morgan fingerprint density at radius 1 is 1.10 bits per heavy atom. The number of halogens is 1. The van der Waals surface area contributed by atoms with Crippen molar-refractivity contribution < 1.29 is 4.79 Å². The molecule has 8 heteroatoms. The molecule has 0 spiro atoms. The predicted octanol–water partition coefficient (Wildman–Crippen LogP) is 3.82. The molecule has 0 saturated carbocycles. The number of carbonyl (C=O) groups excluding carboxylic acids is 1. The second kappa shape index (κ2) is 9.56. The van der Waals surface area contributed by atoms with Gasteiger partial charge in [0.1, 0.15) is 12.4 Å². The Labute approximate surface area is 182 Å². The van der Waals surface area contributed by atoms with Crippen molar-refractivity contribution in [2.24, 2.45) is 0 Å². The van der Waals surface area contributed by atoms with Gasteiger partial charge in [-0.15, -0.1) is 5.10 Å². The van der Waals surface area contributed by atoms with Crippen molar-refractivity contribution in [1.82, 2.24) is 19.7 Å². The summed E-state index contributed by atoms with van der Waals surface area (Å²) < 4.78 is 2.77. The molecule has 4 rings (SSSR count). The second-order valence-electron chi connectivity index (χ2n) is 6.84. The molecule has 1 fully saturated rings. The minimum atomic E-state index is -0.337. The maximum atomic E-state index is 13.2. The Hall–Kier alpha value is -2.16. The summed E-state index contributed by atoms with van der Waals surface area (Å²) in [5, 5.41) is 7.34. The van der Waals surface area contributed by atoms with Crippen LogP contribution in [0.4, 0.5) is 5.95 Å². The number of benzene rings is 2. The van der Waals surface area contributed by atoms with Gasteiger partial charge in [-0.2, -0.15) is 11.8 Å². The van der Waals surface area contributed by atoms with Crippen molar-refractivity contribution in [3.63, 3.8) is 0 Å². The average molecular weight is 472 g/mol. The highest BCUT2D eigenvalue weighted by Crippen LogP contribution is 2.25. The average Bonchev–Trinajstić information content (AvgIpc) is 3.18. The van der Waals surface area contributed by atoms with E-state index in [9.17, 15) is 4.79 Å². The van der Waals surface area contributed by atoms with Gasteiger partial charge in [-0.3, -0.25) is 15.0 Å². The molecule has 1 aromatic heterocycles. The zero-order chi connectivity index (χ0) is 20.1. The van der Waals surface area contributed by atoms with Crippen LogP contribution < -0.4 is 5.32 Å². The number of nitrogens with zero attached hydrogens (tertiary/aromatic N) is 4. The van der Waals surface area contributed by atoms with Gasteiger partial charge in [0.25, 0.3) is 0 Å². The van der Waals surface area contributed by atoms with E-state index in [4.69, 9.17) is 0 Å². The molecule has 1 aliphatic rings. The lowest BCUT2D eigenvalue weighted by Gasteiger charge is -2.33. The van der Waals surface area contributed by atoms with E-state index in [0.29, 0.717) is 12.5 Å². The van der Waals surface area contributed by atoms with E-state index in [1.165, 1.54) is 0 Å². The number of hydrogen-bond donors (Lipinski definition) is 1. The van der Waals surface area contributed by atoms with Gasteiger partial charge in [0, 0.05) is 29.1 Å². The quantitative estimate of drug-likeness (QED) is 0.591. The van der Waals surface area contributed by atoms with Crippen LogP contribution in [0.5, 0.6) is 0 Å². The zero-order valence-corrected chi connectivity index (χ0v) is 18.3. The van der Waals surface area contributed by atoms with Gasteiger partial charge in [-0.05, 0) is 23.3 Å². The Kier molecular flexibility index (Phi) is 6.63. The Morgan fingerprint density at radius 3 is 2.55 bits per heavy atom. The smallest absolute Gasteiger partial charge is 0.248 e. The van der Waals surface area contributed by atoms with E-state index in [-0.39, 0.29) is 11.9 Å². The number of rotatable bonds is 6. The third-order valence-electron chi connectivity index (χ3n) is 4.80. The van der Waals surface area contributed by atoms with Gasteiger partial charge in [0.2, 0.25) is 11.9 Å². The molecule has 1 aliphatic heterocycles. The molecule has 6 nitrogen and oxygen atoms in total. The van der Waals surface area contributed by atoms with Gasteiger partial charge >= 0.3 is 0 Å². The lowest BCUT2D eigenvalue weighted by Crippen LogP contribution is -2.42. The van der Waals surface area contributed by atoms with Gasteiger partial charge in [0.15, 0.2) is 0 Å². The van der Waals surface area contributed by atoms with E-state index in [0.717, 1.165) is 40.2 Å². The normalized spacial score (nSPS) is 15.8. The highest BCUT2D eigenvalue weighted by molar-refractivity contribution is 9.10. The monoisotopic (exact) mass is 471 g/mol. The Bertz CT molecular complexity index is 941. The maximum Gasteiger partial charge on any atom is 0.248 e. The van der Waals surface area contributed by atoms with Crippen molar-refractivity contribution in [3.8, 4) is 0 Å². The molecule has 1 N–H and O–H groups in total. The SMILES string of the molecule is O=C(Nc1ncn(Cc2ccc(Br)cc2)n1)C(c1ccccc1)N1CCSCC1. The largest absolute Gasteiger partial charge is 0.292 e. The molecule has 1 saturated heterocycles. The highest BCUT2D eigenvalue weighted by Gasteiger charge is 2.29. The van der Waals surface area contributed by atoms with Crippen molar-refractivity contribution in [2.45, 2.75) is 12.6 Å². The van der Waals surface area contributed by atoms with Gasteiger partial charge < -0.3 is 0 Å². The fourth-order valence-electron chi connectivity index (χ4n) is 3.38. The van der Waals surface area contributed by atoms with Crippen LogP contribution in [-0.4, -0.2) is 50.2 Å². The minimum absolute atomic E-state index is 0.0931. The lowest BCUT2D eigenvalue weighted by atomic mass is 10.0. The molecule has 150 valence electrons. The number of carbonyl (C=O) groups is 1. The fourth-order valence-corrected chi connectivity index (χ4v) is 4.58. The molecule has 0 bridgehead atoms. The summed E-state index contributed by atoms with van der Waals surface area (Å²) in [5.41, 5.74) is 2.11. The molecule has 0 radical (unpaired) electrons. The van der Waals surface area contributed by atoms with Crippen LogP contribution in [0.25, 0.3) is 0 Å². The summed E-state index contributed by atoms with van der Waals surface area (Å²) in [6.07, 6.45) is 1.65. The lowest BCUT2D eigenvalue weighted by molar-refractivity contribution is -0.121. The van der Waals surface area contributed by atoms with Crippen molar-refractivity contribution in [3.05, 3.63) is 76.5 Å². The van der Waals surface area contributed by atoms with Crippen LogP contribution in [-0.2, 0) is 11.3 Å². The first-order valence-corrected chi connectivity index (χ1v) is 11.5. The predicted molar refractivity (Wildman–Crippen MR) is 120 cm³/mol. The number of nitrogens with one attached hydrogen (secondary N) is 1. The number of aromatic nitrogens is 3. The van der Waals surface area contributed by atoms with Gasteiger partial charge in [-0.1, -0.05) is 58.4 Å². The molecule has 3 aromatic rings. The summed E-state index contributed by atoms with van der Waals surface area (Å²) in [7, 11) is 0. The number of hydrogen-bond acceptors (Lipinski definition) is 5. The van der Waals surface area contributed by atoms with Crippen LogP contribution in [0.2, 0.25) is 0 Å². The molecule has 29 heavy (non-hydrogen) atoms.